The Kier molecular flexibility index (Phi) is 4.25. The van der Waals surface area contributed by atoms with E-state index in [4.69, 9.17) is 0 Å². The second-order valence-corrected chi connectivity index (χ2v) is 5.19. The van der Waals surface area contributed by atoms with E-state index in [1.807, 2.05) is 6.92 Å². The lowest BCUT2D eigenvalue weighted by Crippen LogP contribution is -2.53. The van der Waals surface area contributed by atoms with Crippen LogP contribution >= 0.6 is 0 Å². The van der Waals surface area contributed by atoms with Gasteiger partial charge in [0.2, 0.25) is 5.91 Å². The summed E-state index contributed by atoms with van der Waals surface area (Å²) in [6.45, 7) is 4.71. The molecule has 0 saturated carbocycles. The number of nitro groups is 2. The standard InChI is InChI=1S/C13H16N4O5/c1-9-8-14(5-6-15(9)10(2)18)12-4-3-11(16(19)20)7-13(12)17(21)22/h3-4,7,9H,5-6,8H2,1-2H3. The third kappa shape index (κ3) is 2.97. The minimum absolute atomic E-state index is 0.0367. The van der Waals surface area contributed by atoms with Gasteiger partial charge in [0.05, 0.1) is 15.9 Å². The molecule has 1 fully saturated rings. The summed E-state index contributed by atoms with van der Waals surface area (Å²) in [4.78, 5) is 35.6. The van der Waals surface area contributed by atoms with Gasteiger partial charge < -0.3 is 9.80 Å². The second kappa shape index (κ2) is 5.96. The van der Waals surface area contributed by atoms with Crippen LogP contribution in [0.5, 0.6) is 0 Å². The van der Waals surface area contributed by atoms with Gasteiger partial charge in [-0.25, -0.2) is 0 Å². The molecule has 1 atom stereocenters. The molecule has 0 aliphatic carbocycles. The number of piperazine rings is 1. The van der Waals surface area contributed by atoms with Crippen LogP contribution in [0.3, 0.4) is 0 Å². The molecule has 1 unspecified atom stereocenters. The molecule has 1 aromatic rings. The number of amides is 1. The van der Waals surface area contributed by atoms with E-state index in [9.17, 15) is 25.0 Å². The zero-order chi connectivity index (χ0) is 16.4. The van der Waals surface area contributed by atoms with Crippen LogP contribution in [-0.4, -0.2) is 46.3 Å². The number of non-ortho nitro benzene ring substituents is 1. The highest BCUT2D eigenvalue weighted by atomic mass is 16.6. The minimum atomic E-state index is -0.660. The second-order valence-electron chi connectivity index (χ2n) is 5.19. The van der Waals surface area contributed by atoms with Crippen LogP contribution in [0.25, 0.3) is 0 Å². The number of nitrogens with zero attached hydrogens (tertiary/aromatic N) is 4. The summed E-state index contributed by atoms with van der Waals surface area (Å²) in [5.41, 5.74) is -0.269. The molecule has 0 bridgehead atoms. The SMILES string of the molecule is CC(=O)N1CCN(c2ccc([N+](=O)[O-])cc2[N+](=O)[O-])CC1C. The van der Waals surface area contributed by atoms with Crippen LogP contribution < -0.4 is 4.90 Å². The molecule has 118 valence electrons. The number of carbonyl (C=O) groups is 1. The van der Waals surface area contributed by atoms with Crippen molar-refractivity contribution in [3.05, 3.63) is 38.4 Å². The zero-order valence-corrected chi connectivity index (χ0v) is 12.3. The molecule has 9 nitrogen and oxygen atoms in total. The van der Waals surface area contributed by atoms with E-state index >= 15 is 0 Å². The smallest absolute Gasteiger partial charge is 0.299 e. The highest BCUT2D eigenvalue weighted by Crippen LogP contribution is 2.33. The first-order valence-electron chi connectivity index (χ1n) is 6.76. The van der Waals surface area contributed by atoms with Crippen LogP contribution in [0, 0.1) is 20.2 Å². The molecule has 1 aromatic carbocycles. The molecular formula is C13H16N4O5. The lowest BCUT2D eigenvalue weighted by atomic mass is 10.1. The molecule has 2 rings (SSSR count). The lowest BCUT2D eigenvalue weighted by Gasteiger charge is -2.40. The highest BCUT2D eigenvalue weighted by molar-refractivity contribution is 5.74. The topological polar surface area (TPSA) is 110 Å². The molecule has 0 N–H and O–H groups in total. The first kappa shape index (κ1) is 15.7. The van der Waals surface area contributed by atoms with Gasteiger partial charge in [0.25, 0.3) is 11.4 Å². The van der Waals surface area contributed by atoms with Crippen molar-refractivity contribution in [2.75, 3.05) is 24.5 Å². The third-order valence-corrected chi connectivity index (χ3v) is 3.74. The van der Waals surface area contributed by atoms with Crippen molar-refractivity contribution in [2.24, 2.45) is 0 Å². The fraction of sp³-hybridized carbons (Fsp3) is 0.462. The molecule has 1 aliphatic heterocycles. The van der Waals surface area contributed by atoms with Crippen molar-refractivity contribution in [3.8, 4) is 0 Å². The summed E-state index contributed by atoms with van der Waals surface area (Å²) < 4.78 is 0. The molecule has 1 saturated heterocycles. The Morgan fingerprint density at radius 1 is 1.23 bits per heavy atom. The maximum absolute atomic E-state index is 11.5. The summed E-state index contributed by atoms with van der Waals surface area (Å²) >= 11 is 0. The largest absolute Gasteiger partial charge is 0.362 e. The summed E-state index contributed by atoms with van der Waals surface area (Å²) in [6.07, 6.45) is 0. The molecule has 0 radical (unpaired) electrons. The summed E-state index contributed by atoms with van der Waals surface area (Å²) in [7, 11) is 0. The van der Waals surface area contributed by atoms with E-state index in [-0.39, 0.29) is 23.3 Å². The lowest BCUT2D eigenvalue weighted by molar-refractivity contribution is -0.393. The van der Waals surface area contributed by atoms with Crippen LogP contribution in [-0.2, 0) is 4.79 Å². The van der Waals surface area contributed by atoms with E-state index in [1.54, 1.807) is 9.80 Å². The minimum Gasteiger partial charge on any atom is -0.362 e. The van der Waals surface area contributed by atoms with E-state index in [2.05, 4.69) is 0 Å². The van der Waals surface area contributed by atoms with E-state index in [0.29, 0.717) is 25.3 Å². The summed E-state index contributed by atoms with van der Waals surface area (Å²) in [5.74, 6) is -0.0367. The zero-order valence-electron chi connectivity index (χ0n) is 12.3. The van der Waals surface area contributed by atoms with Crippen molar-refractivity contribution in [1.82, 2.24) is 4.90 Å². The molecule has 1 amide bonds. The first-order chi connectivity index (χ1) is 10.3. The first-order valence-corrected chi connectivity index (χ1v) is 6.76. The molecule has 0 spiro atoms. The van der Waals surface area contributed by atoms with Gasteiger partial charge in [-0.2, -0.15) is 0 Å². The molecule has 9 heteroatoms. The van der Waals surface area contributed by atoms with Gasteiger partial charge in [-0.1, -0.05) is 0 Å². The monoisotopic (exact) mass is 308 g/mol. The number of hydrogen-bond acceptors (Lipinski definition) is 6. The molecule has 0 aromatic heterocycles. The van der Waals surface area contributed by atoms with Crippen molar-refractivity contribution in [1.29, 1.82) is 0 Å². The molecule has 1 heterocycles. The van der Waals surface area contributed by atoms with Crippen molar-refractivity contribution in [2.45, 2.75) is 19.9 Å². The maximum atomic E-state index is 11.5. The third-order valence-electron chi connectivity index (χ3n) is 3.74. The van der Waals surface area contributed by atoms with Crippen LogP contribution in [0.4, 0.5) is 17.1 Å². The number of benzene rings is 1. The average molecular weight is 308 g/mol. The van der Waals surface area contributed by atoms with Crippen LogP contribution in [0.1, 0.15) is 13.8 Å². The maximum Gasteiger partial charge on any atom is 0.299 e. The predicted octanol–water partition coefficient (Wildman–Crippen LogP) is 1.56. The predicted molar refractivity (Wildman–Crippen MR) is 78.8 cm³/mol. The van der Waals surface area contributed by atoms with E-state index < -0.39 is 9.85 Å². The number of rotatable bonds is 3. The molecule has 22 heavy (non-hydrogen) atoms. The van der Waals surface area contributed by atoms with Crippen LogP contribution in [0.15, 0.2) is 18.2 Å². The molecule has 1 aliphatic rings. The molecular weight excluding hydrogens is 292 g/mol. The van der Waals surface area contributed by atoms with Crippen molar-refractivity contribution in [3.63, 3.8) is 0 Å². The van der Waals surface area contributed by atoms with Crippen molar-refractivity contribution >= 4 is 23.0 Å². The fourth-order valence-electron chi connectivity index (χ4n) is 2.68. The number of nitro benzene ring substituents is 2. The normalized spacial score (nSPS) is 18.2. The number of anilines is 1. The Hall–Kier alpha value is -2.71. The summed E-state index contributed by atoms with van der Waals surface area (Å²) in [5, 5.41) is 21.9. The Bertz CT molecular complexity index is 633. The van der Waals surface area contributed by atoms with Gasteiger partial charge in [0, 0.05) is 38.7 Å². The Morgan fingerprint density at radius 3 is 2.41 bits per heavy atom. The number of hydrogen-bond donors (Lipinski definition) is 0. The average Bonchev–Trinajstić information content (AvgIpc) is 2.45. The van der Waals surface area contributed by atoms with E-state index in [0.717, 1.165) is 6.07 Å². The summed E-state index contributed by atoms with van der Waals surface area (Å²) in [6, 6.07) is 3.54. The van der Waals surface area contributed by atoms with Crippen LogP contribution in [0.2, 0.25) is 0 Å². The van der Waals surface area contributed by atoms with Gasteiger partial charge in [0.15, 0.2) is 0 Å². The Balaban J connectivity index is 2.31. The Labute approximate surface area is 126 Å². The fourth-order valence-corrected chi connectivity index (χ4v) is 2.68. The Morgan fingerprint density at radius 2 is 1.91 bits per heavy atom. The van der Waals surface area contributed by atoms with Crippen molar-refractivity contribution < 1.29 is 14.6 Å². The van der Waals surface area contributed by atoms with Gasteiger partial charge in [-0.05, 0) is 13.0 Å². The van der Waals surface area contributed by atoms with Gasteiger partial charge in [0.1, 0.15) is 5.69 Å². The number of carbonyl (C=O) groups excluding carboxylic acids is 1. The quantitative estimate of drug-likeness (QED) is 0.619. The van der Waals surface area contributed by atoms with Gasteiger partial charge >= 0.3 is 0 Å². The van der Waals surface area contributed by atoms with Gasteiger partial charge in [-0.15, -0.1) is 0 Å². The van der Waals surface area contributed by atoms with E-state index in [1.165, 1.54) is 19.1 Å². The highest BCUT2D eigenvalue weighted by Gasteiger charge is 2.30. The van der Waals surface area contributed by atoms with Gasteiger partial charge in [-0.3, -0.25) is 25.0 Å².